The molecule has 0 aromatic heterocycles. The third-order valence-corrected chi connectivity index (χ3v) is 4.32. The molecule has 1 amide bonds. The van der Waals surface area contributed by atoms with Crippen LogP contribution in [0.5, 0.6) is 11.5 Å². The number of carbonyl (C=O) groups is 1. The fourth-order valence-corrected chi connectivity index (χ4v) is 2.89. The van der Waals surface area contributed by atoms with Crippen molar-refractivity contribution in [2.45, 2.75) is 19.8 Å². The summed E-state index contributed by atoms with van der Waals surface area (Å²) in [6.07, 6.45) is 1.17. The number of phenolic OH excluding ortho intramolecular Hbond substituents is 1. The lowest BCUT2D eigenvalue weighted by molar-refractivity contribution is 0.203. The van der Waals surface area contributed by atoms with Crippen molar-refractivity contribution in [1.82, 2.24) is 5.32 Å². The van der Waals surface area contributed by atoms with E-state index in [1.165, 1.54) is 7.05 Å². The Morgan fingerprint density at radius 3 is 2.67 bits per heavy atom. The topological polar surface area (TPSA) is 70.9 Å². The Morgan fingerprint density at radius 2 is 1.93 bits per heavy atom. The van der Waals surface area contributed by atoms with E-state index in [1.54, 1.807) is 18.3 Å². The number of hydrogen-bond donors (Lipinski definition) is 2. The van der Waals surface area contributed by atoms with Crippen LogP contribution in [0.3, 0.4) is 0 Å². The van der Waals surface area contributed by atoms with Crippen molar-refractivity contribution < 1.29 is 14.6 Å². The van der Waals surface area contributed by atoms with Crippen LogP contribution in [0, 0.1) is 0 Å². The minimum atomic E-state index is -0.512. The molecule has 0 spiro atoms. The Labute approximate surface area is 158 Å². The molecule has 0 radical (unpaired) electrons. The number of hydrogen-bond acceptors (Lipinski definition) is 4. The van der Waals surface area contributed by atoms with E-state index in [0.29, 0.717) is 11.3 Å². The minimum absolute atomic E-state index is 0.183. The molecule has 5 nitrogen and oxygen atoms in total. The highest BCUT2D eigenvalue weighted by atomic mass is 16.5. The fourth-order valence-electron chi connectivity index (χ4n) is 2.89. The number of ether oxygens (including phenoxy) is 1. The van der Waals surface area contributed by atoms with Crippen molar-refractivity contribution in [3.8, 4) is 11.5 Å². The maximum absolute atomic E-state index is 11.4. The summed E-state index contributed by atoms with van der Waals surface area (Å²) >= 11 is 0. The van der Waals surface area contributed by atoms with Gasteiger partial charge in [-0.25, -0.2) is 4.79 Å². The van der Waals surface area contributed by atoms with Crippen LogP contribution >= 0.6 is 0 Å². The van der Waals surface area contributed by atoms with Crippen molar-refractivity contribution >= 4 is 28.8 Å². The summed E-state index contributed by atoms with van der Waals surface area (Å²) in [7, 11) is 1.51. The van der Waals surface area contributed by atoms with Crippen molar-refractivity contribution in [3.05, 3.63) is 65.7 Å². The number of aromatic hydroxyl groups is 1. The first-order valence-electron chi connectivity index (χ1n) is 8.78. The van der Waals surface area contributed by atoms with Crippen LogP contribution in [-0.4, -0.2) is 24.5 Å². The normalized spacial score (nSPS) is 11.3. The average molecular weight is 362 g/mol. The highest BCUT2D eigenvalue weighted by molar-refractivity contribution is 6.03. The zero-order chi connectivity index (χ0) is 19.4. The SMILES string of the molecule is CNC(=O)Oc1ccc(N=Cc2c(O)ccc3ccccc23)c(C(C)C)c1. The lowest BCUT2D eigenvalue weighted by Crippen LogP contribution is -2.22. The van der Waals surface area contributed by atoms with E-state index in [-0.39, 0.29) is 11.7 Å². The van der Waals surface area contributed by atoms with Gasteiger partial charge in [0.1, 0.15) is 11.5 Å². The van der Waals surface area contributed by atoms with Crippen molar-refractivity contribution in [1.29, 1.82) is 0 Å². The molecule has 0 unspecified atom stereocenters. The first-order chi connectivity index (χ1) is 13.0. The van der Waals surface area contributed by atoms with Crippen LogP contribution in [0.25, 0.3) is 10.8 Å². The van der Waals surface area contributed by atoms with E-state index in [0.717, 1.165) is 22.0 Å². The van der Waals surface area contributed by atoms with E-state index < -0.39 is 6.09 Å². The summed E-state index contributed by atoms with van der Waals surface area (Å²) in [5.41, 5.74) is 2.39. The van der Waals surface area contributed by atoms with Gasteiger partial charge in [0.05, 0.1) is 5.69 Å². The summed E-state index contributed by atoms with van der Waals surface area (Å²) in [5.74, 6) is 0.833. The summed E-state index contributed by atoms with van der Waals surface area (Å²) in [5, 5.41) is 14.7. The number of rotatable bonds is 4. The molecule has 3 rings (SSSR count). The van der Waals surface area contributed by atoms with Crippen molar-refractivity contribution in [2.24, 2.45) is 4.99 Å². The van der Waals surface area contributed by atoms with Crippen LogP contribution < -0.4 is 10.1 Å². The summed E-state index contributed by atoms with van der Waals surface area (Å²) in [4.78, 5) is 16.0. The predicted octanol–water partition coefficient (Wildman–Crippen LogP) is 5.14. The van der Waals surface area contributed by atoms with Gasteiger partial charge < -0.3 is 15.2 Å². The minimum Gasteiger partial charge on any atom is -0.507 e. The maximum atomic E-state index is 11.4. The first-order valence-corrected chi connectivity index (χ1v) is 8.78. The molecule has 0 heterocycles. The second-order valence-corrected chi connectivity index (χ2v) is 6.49. The Kier molecular flexibility index (Phi) is 5.41. The maximum Gasteiger partial charge on any atom is 0.412 e. The molecule has 0 aliphatic carbocycles. The quantitative estimate of drug-likeness (QED) is 0.632. The van der Waals surface area contributed by atoms with Gasteiger partial charge in [-0.1, -0.05) is 44.2 Å². The Balaban J connectivity index is 2.00. The third kappa shape index (κ3) is 4.08. The Hall–Kier alpha value is -3.34. The lowest BCUT2D eigenvalue weighted by atomic mass is 10.0. The van der Waals surface area contributed by atoms with Crippen LogP contribution in [-0.2, 0) is 0 Å². The molecule has 3 aromatic rings. The monoisotopic (exact) mass is 362 g/mol. The molecule has 0 saturated heterocycles. The Morgan fingerprint density at radius 1 is 1.15 bits per heavy atom. The predicted molar refractivity (Wildman–Crippen MR) is 108 cm³/mol. The zero-order valence-corrected chi connectivity index (χ0v) is 15.6. The van der Waals surface area contributed by atoms with Gasteiger partial charge >= 0.3 is 6.09 Å². The summed E-state index contributed by atoms with van der Waals surface area (Å²) in [6, 6.07) is 16.7. The fraction of sp³-hybridized carbons (Fsp3) is 0.182. The zero-order valence-electron chi connectivity index (χ0n) is 15.6. The van der Waals surface area contributed by atoms with E-state index in [1.807, 2.05) is 56.3 Å². The number of amides is 1. The third-order valence-electron chi connectivity index (χ3n) is 4.32. The van der Waals surface area contributed by atoms with Gasteiger partial charge in [0.15, 0.2) is 0 Å². The van der Waals surface area contributed by atoms with Crippen molar-refractivity contribution in [3.63, 3.8) is 0 Å². The second kappa shape index (κ2) is 7.91. The molecular formula is C22H22N2O3. The number of carbonyl (C=O) groups excluding carboxylic acids is 1. The molecule has 3 aromatic carbocycles. The molecule has 2 N–H and O–H groups in total. The van der Waals surface area contributed by atoms with E-state index in [4.69, 9.17) is 4.74 Å². The Bertz CT molecular complexity index is 1010. The number of benzene rings is 3. The second-order valence-electron chi connectivity index (χ2n) is 6.49. The standard InChI is InChI=1S/C22H22N2O3/c1-14(2)18-12-16(27-22(26)23-3)9-10-20(18)24-13-19-17-7-5-4-6-15(17)8-11-21(19)25/h4-14,25H,1-3H3,(H,23,26). The number of phenols is 1. The molecule has 0 aliphatic rings. The molecule has 5 heteroatoms. The molecule has 0 bridgehead atoms. The first kappa shape index (κ1) is 18.5. The molecule has 0 atom stereocenters. The summed E-state index contributed by atoms with van der Waals surface area (Å²) in [6.45, 7) is 4.10. The van der Waals surface area contributed by atoms with Crippen LogP contribution in [0.1, 0.15) is 30.9 Å². The number of nitrogens with one attached hydrogen (secondary N) is 1. The van der Waals surface area contributed by atoms with Gasteiger partial charge in [-0.05, 0) is 46.5 Å². The van der Waals surface area contributed by atoms with Crippen LogP contribution in [0.15, 0.2) is 59.6 Å². The average Bonchev–Trinajstić information content (AvgIpc) is 2.67. The molecule has 0 fully saturated rings. The largest absolute Gasteiger partial charge is 0.507 e. The van der Waals surface area contributed by atoms with Gasteiger partial charge in [0.25, 0.3) is 0 Å². The smallest absolute Gasteiger partial charge is 0.412 e. The number of fused-ring (bicyclic) bond motifs is 1. The van der Waals surface area contributed by atoms with Gasteiger partial charge in [-0.2, -0.15) is 0 Å². The van der Waals surface area contributed by atoms with Crippen LogP contribution in [0.2, 0.25) is 0 Å². The summed E-state index contributed by atoms with van der Waals surface area (Å²) < 4.78 is 5.21. The van der Waals surface area contributed by atoms with Gasteiger partial charge in [0.2, 0.25) is 0 Å². The highest BCUT2D eigenvalue weighted by Gasteiger charge is 2.11. The number of aliphatic imine (C=N–C) groups is 1. The molecule has 0 aliphatic heterocycles. The van der Waals surface area contributed by atoms with Gasteiger partial charge in [-0.15, -0.1) is 0 Å². The molecule has 0 saturated carbocycles. The van der Waals surface area contributed by atoms with Crippen LogP contribution in [0.4, 0.5) is 10.5 Å². The van der Waals surface area contributed by atoms with Crippen molar-refractivity contribution in [2.75, 3.05) is 7.05 Å². The molecule has 138 valence electrons. The van der Waals surface area contributed by atoms with E-state index >= 15 is 0 Å². The van der Waals surface area contributed by atoms with Gasteiger partial charge in [-0.3, -0.25) is 4.99 Å². The molecule has 27 heavy (non-hydrogen) atoms. The van der Waals surface area contributed by atoms with Gasteiger partial charge in [0, 0.05) is 18.8 Å². The van der Waals surface area contributed by atoms with E-state index in [2.05, 4.69) is 10.3 Å². The lowest BCUT2D eigenvalue weighted by Gasteiger charge is -2.12. The van der Waals surface area contributed by atoms with E-state index in [9.17, 15) is 9.90 Å². The highest BCUT2D eigenvalue weighted by Crippen LogP contribution is 2.32. The molecular weight excluding hydrogens is 340 g/mol. The number of nitrogens with zero attached hydrogens (tertiary/aromatic N) is 1.